The zero-order chi connectivity index (χ0) is 52.9. The minimum absolute atomic E-state index is 1.08. The largest absolute Gasteiger partial charge is 0.310 e. The number of benzene rings is 15. The lowest BCUT2D eigenvalue weighted by atomic mass is 9.85. The standard InChI is InChI=1S/C78H52N2/c1-3-23-64(24-4-1)79(75-33-17-22-56-19-9-11-27-68(56)75)66-45-40-54(41-46-66)55-42-47-67(48-43-55)80(65-25-5-2-6-26-65)78-69-28-12-10-20-57(69)44-49-70(78)61-37-35-60-52-63(39-36-59(60)50-61)77-73-31-15-13-29-71(73)76(72-30-14-16-32-74(72)77)62-38-34-53-18-7-8-21-58(53)51-62/h1-52H. The topological polar surface area (TPSA) is 6.48 Å². The molecule has 0 unspecified atom stereocenters. The molecule has 0 heterocycles. The van der Waals surface area contributed by atoms with Crippen molar-refractivity contribution in [2.75, 3.05) is 9.80 Å². The Morgan fingerprint density at radius 2 is 0.537 bits per heavy atom. The van der Waals surface area contributed by atoms with Crippen molar-refractivity contribution < 1.29 is 0 Å². The van der Waals surface area contributed by atoms with Gasteiger partial charge in [-0.3, -0.25) is 0 Å². The van der Waals surface area contributed by atoms with Crippen LogP contribution in [0.25, 0.3) is 109 Å². The van der Waals surface area contributed by atoms with Crippen molar-refractivity contribution in [2.45, 2.75) is 0 Å². The molecule has 2 nitrogen and oxygen atoms in total. The Morgan fingerprint density at radius 1 is 0.188 bits per heavy atom. The van der Waals surface area contributed by atoms with Crippen LogP contribution in [0.2, 0.25) is 0 Å². The molecule has 15 aromatic carbocycles. The van der Waals surface area contributed by atoms with Crippen LogP contribution in [0.4, 0.5) is 34.1 Å². The van der Waals surface area contributed by atoms with E-state index in [0.29, 0.717) is 0 Å². The van der Waals surface area contributed by atoms with Crippen molar-refractivity contribution in [2.24, 2.45) is 0 Å². The molecule has 0 radical (unpaired) electrons. The van der Waals surface area contributed by atoms with Gasteiger partial charge in [0.1, 0.15) is 0 Å². The molecule has 0 atom stereocenters. The summed E-state index contributed by atoms with van der Waals surface area (Å²) in [5, 5.41) is 14.7. The van der Waals surface area contributed by atoms with Gasteiger partial charge in [0, 0.05) is 39.1 Å². The van der Waals surface area contributed by atoms with Crippen molar-refractivity contribution in [1.29, 1.82) is 0 Å². The Kier molecular flexibility index (Phi) is 11.6. The molecule has 2 heteroatoms. The second kappa shape index (κ2) is 19.8. The van der Waals surface area contributed by atoms with Crippen LogP contribution in [0.1, 0.15) is 0 Å². The Labute approximate surface area is 465 Å². The number of hydrogen-bond acceptors (Lipinski definition) is 2. The quantitative estimate of drug-likeness (QED) is 0.126. The van der Waals surface area contributed by atoms with Crippen LogP contribution in [-0.4, -0.2) is 0 Å². The molecular formula is C78H52N2. The molecule has 0 aliphatic heterocycles. The molecule has 0 N–H and O–H groups in total. The second-order valence-electron chi connectivity index (χ2n) is 20.8. The molecule has 0 saturated heterocycles. The van der Waals surface area contributed by atoms with Gasteiger partial charge in [0.2, 0.25) is 0 Å². The number of para-hydroxylation sites is 2. The molecule has 0 aromatic heterocycles. The summed E-state index contributed by atoms with van der Waals surface area (Å²) in [7, 11) is 0. The molecule has 0 amide bonds. The first-order chi connectivity index (χ1) is 39.7. The van der Waals surface area contributed by atoms with Crippen molar-refractivity contribution in [3.8, 4) is 44.5 Å². The van der Waals surface area contributed by atoms with E-state index in [9.17, 15) is 0 Å². The summed E-state index contributed by atoms with van der Waals surface area (Å²) < 4.78 is 0. The van der Waals surface area contributed by atoms with Gasteiger partial charge in [-0.25, -0.2) is 0 Å². The van der Waals surface area contributed by atoms with Crippen LogP contribution in [0.5, 0.6) is 0 Å². The Morgan fingerprint density at radius 3 is 1.10 bits per heavy atom. The van der Waals surface area contributed by atoms with E-state index in [4.69, 9.17) is 0 Å². The summed E-state index contributed by atoms with van der Waals surface area (Å²) in [5.74, 6) is 0. The van der Waals surface area contributed by atoms with Gasteiger partial charge in [-0.05, 0) is 166 Å². The fourth-order valence-corrected chi connectivity index (χ4v) is 12.4. The van der Waals surface area contributed by atoms with E-state index < -0.39 is 0 Å². The van der Waals surface area contributed by atoms with E-state index in [0.717, 1.165) is 56.4 Å². The molecule has 80 heavy (non-hydrogen) atoms. The fraction of sp³-hybridized carbons (Fsp3) is 0. The molecule has 374 valence electrons. The van der Waals surface area contributed by atoms with E-state index in [1.165, 1.54) is 86.9 Å². The predicted molar refractivity (Wildman–Crippen MR) is 343 cm³/mol. The minimum Gasteiger partial charge on any atom is -0.310 e. The average Bonchev–Trinajstić information content (AvgIpc) is 3.67. The van der Waals surface area contributed by atoms with Gasteiger partial charge in [0.25, 0.3) is 0 Å². The van der Waals surface area contributed by atoms with Crippen molar-refractivity contribution in [3.63, 3.8) is 0 Å². The zero-order valence-corrected chi connectivity index (χ0v) is 43.9. The number of rotatable bonds is 10. The second-order valence-corrected chi connectivity index (χ2v) is 20.8. The maximum Gasteiger partial charge on any atom is 0.0618 e. The summed E-state index contributed by atoms with van der Waals surface area (Å²) >= 11 is 0. The predicted octanol–water partition coefficient (Wildman–Crippen LogP) is 22.2. The number of fused-ring (bicyclic) bond motifs is 6. The monoisotopic (exact) mass is 1020 g/mol. The normalized spacial score (nSPS) is 11.5. The molecule has 0 bridgehead atoms. The summed E-state index contributed by atoms with van der Waals surface area (Å²) in [4.78, 5) is 4.80. The van der Waals surface area contributed by atoms with E-state index in [1.807, 2.05) is 0 Å². The average molecular weight is 1020 g/mol. The minimum atomic E-state index is 1.08. The molecule has 0 spiro atoms. The highest BCUT2D eigenvalue weighted by Gasteiger charge is 2.23. The molecule has 15 rings (SSSR count). The van der Waals surface area contributed by atoms with Crippen LogP contribution in [-0.2, 0) is 0 Å². The van der Waals surface area contributed by atoms with Crippen LogP contribution < -0.4 is 9.80 Å². The van der Waals surface area contributed by atoms with E-state index >= 15 is 0 Å². The lowest BCUT2D eigenvalue weighted by Gasteiger charge is -2.29. The smallest absolute Gasteiger partial charge is 0.0618 e. The van der Waals surface area contributed by atoms with Crippen LogP contribution >= 0.6 is 0 Å². The third-order valence-electron chi connectivity index (χ3n) is 16.2. The first-order valence-corrected chi connectivity index (χ1v) is 27.6. The van der Waals surface area contributed by atoms with Crippen molar-refractivity contribution in [3.05, 3.63) is 315 Å². The summed E-state index contributed by atoms with van der Waals surface area (Å²) in [6, 6.07) is 116. The van der Waals surface area contributed by atoms with E-state index in [2.05, 4.69) is 325 Å². The molecule has 15 aromatic rings. The third kappa shape index (κ3) is 8.21. The summed E-state index contributed by atoms with van der Waals surface area (Å²) in [6.07, 6.45) is 0. The highest BCUT2D eigenvalue weighted by Crippen LogP contribution is 2.48. The maximum atomic E-state index is 2.44. The van der Waals surface area contributed by atoms with Gasteiger partial charge in [-0.2, -0.15) is 0 Å². The lowest BCUT2D eigenvalue weighted by molar-refractivity contribution is 1.29. The van der Waals surface area contributed by atoms with Gasteiger partial charge >= 0.3 is 0 Å². The van der Waals surface area contributed by atoms with Gasteiger partial charge in [0.05, 0.1) is 11.4 Å². The number of anilines is 6. The molecule has 0 aliphatic carbocycles. The first kappa shape index (κ1) is 46.7. The van der Waals surface area contributed by atoms with Crippen LogP contribution in [0.3, 0.4) is 0 Å². The van der Waals surface area contributed by atoms with E-state index in [-0.39, 0.29) is 0 Å². The van der Waals surface area contributed by atoms with Crippen molar-refractivity contribution >= 4 is 98.8 Å². The van der Waals surface area contributed by atoms with Crippen LogP contribution in [0.15, 0.2) is 315 Å². The molecule has 0 fully saturated rings. The van der Waals surface area contributed by atoms with Gasteiger partial charge < -0.3 is 9.80 Å². The van der Waals surface area contributed by atoms with Gasteiger partial charge in [-0.15, -0.1) is 0 Å². The SMILES string of the molecule is c1ccc(N(c2ccc(-c3ccc(N(c4ccccc4)c4c(-c5ccc6cc(-c7c8ccccc8c(-c8ccc9ccccc9c8)c8ccccc78)ccc6c5)ccc5ccccc45)cc3)cc2)c2cccc3ccccc23)cc1. The third-order valence-corrected chi connectivity index (χ3v) is 16.2. The Hall–Kier alpha value is -10.5. The number of hydrogen-bond donors (Lipinski definition) is 0. The zero-order valence-electron chi connectivity index (χ0n) is 43.9. The fourth-order valence-electron chi connectivity index (χ4n) is 12.4. The highest BCUT2D eigenvalue weighted by molar-refractivity contribution is 6.22. The molecule has 0 saturated carbocycles. The summed E-state index contributed by atoms with van der Waals surface area (Å²) in [6.45, 7) is 0. The van der Waals surface area contributed by atoms with E-state index in [1.54, 1.807) is 0 Å². The highest BCUT2D eigenvalue weighted by atomic mass is 15.2. The lowest BCUT2D eigenvalue weighted by Crippen LogP contribution is -2.12. The van der Waals surface area contributed by atoms with Gasteiger partial charge in [0.15, 0.2) is 0 Å². The Bertz CT molecular complexity index is 4750. The molecule has 0 aliphatic rings. The Balaban J connectivity index is 0.809. The van der Waals surface area contributed by atoms with Crippen LogP contribution in [0, 0.1) is 0 Å². The van der Waals surface area contributed by atoms with Gasteiger partial charge in [-0.1, -0.05) is 243 Å². The maximum absolute atomic E-state index is 2.44. The number of nitrogens with zero attached hydrogens (tertiary/aromatic N) is 2. The molecular weight excluding hydrogens is 965 g/mol. The first-order valence-electron chi connectivity index (χ1n) is 27.6. The van der Waals surface area contributed by atoms with Crippen molar-refractivity contribution in [1.82, 2.24) is 0 Å². The summed E-state index contributed by atoms with van der Waals surface area (Å²) in [5.41, 5.74) is 16.3.